The Morgan fingerprint density at radius 2 is 1.96 bits per heavy atom. The van der Waals surface area contributed by atoms with Crippen molar-refractivity contribution < 1.29 is 9.32 Å². The summed E-state index contributed by atoms with van der Waals surface area (Å²) in [6.45, 7) is 1.90. The molecule has 0 saturated carbocycles. The van der Waals surface area contributed by atoms with Crippen molar-refractivity contribution in [2.24, 2.45) is 0 Å². The Morgan fingerprint density at radius 3 is 2.71 bits per heavy atom. The van der Waals surface area contributed by atoms with Gasteiger partial charge in [-0.05, 0) is 24.1 Å². The van der Waals surface area contributed by atoms with E-state index in [-0.39, 0.29) is 11.9 Å². The number of hydrogen-bond donors (Lipinski definition) is 1. The van der Waals surface area contributed by atoms with Crippen LogP contribution in [-0.4, -0.2) is 38.5 Å². The highest BCUT2D eigenvalue weighted by atomic mass is 16.5. The summed E-state index contributed by atoms with van der Waals surface area (Å²) in [6.07, 6.45) is 3.86. The number of pyridine rings is 1. The molecule has 0 radical (unpaired) electrons. The maximum Gasteiger partial charge on any atom is 0.240 e. The van der Waals surface area contributed by atoms with E-state index in [2.05, 4.69) is 25.3 Å². The molecule has 7 nitrogen and oxygen atoms in total. The third-order valence-electron chi connectivity index (χ3n) is 4.75. The lowest BCUT2D eigenvalue weighted by atomic mass is 10.1. The van der Waals surface area contributed by atoms with Crippen LogP contribution >= 0.6 is 0 Å². The van der Waals surface area contributed by atoms with E-state index in [1.807, 2.05) is 48.5 Å². The number of hydrogen-bond acceptors (Lipinski definition) is 6. The minimum atomic E-state index is 0.116. The second kappa shape index (κ2) is 8.75. The fourth-order valence-corrected chi connectivity index (χ4v) is 3.43. The lowest BCUT2D eigenvalue weighted by Gasteiger charge is -2.23. The first-order valence-corrected chi connectivity index (χ1v) is 9.51. The van der Waals surface area contributed by atoms with Gasteiger partial charge in [0.05, 0.1) is 12.2 Å². The van der Waals surface area contributed by atoms with E-state index in [9.17, 15) is 4.79 Å². The molecule has 1 N–H and O–H groups in total. The van der Waals surface area contributed by atoms with Crippen LogP contribution in [0.4, 0.5) is 0 Å². The van der Waals surface area contributed by atoms with Gasteiger partial charge in [0.15, 0.2) is 5.82 Å². The molecule has 0 spiro atoms. The van der Waals surface area contributed by atoms with Gasteiger partial charge < -0.3 is 9.84 Å². The highest BCUT2D eigenvalue weighted by molar-refractivity contribution is 5.78. The number of rotatable bonds is 8. The molecule has 1 aromatic carbocycles. The molecule has 0 aliphatic carbocycles. The zero-order chi connectivity index (χ0) is 19.2. The number of carbonyl (C=O) groups excluding carboxylic acids is 1. The van der Waals surface area contributed by atoms with Crippen molar-refractivity contribution >= 4 is 5.91 Å². The lowest BCUT2D eigenvalue weighted by molar-refractivity contribution is -0.119. The molecule has 1 aliphatic rings. The second-order valence-corrected chi connectivity index (χ2v) is 7.06. The molecule has 1 atom stereocenters. The second-order valence-electron chi connectivity index (χ2n) is 7.06. The summed E-state index contributed by atoms with van der Waals surface area (Å²) in [4.78, 5) is 22.7. The third kappa shape index (κ3) is 5.01. The highest BCUT2D eigenvalue weighted by Crippen LogP contribution is 2.14. The molecule has 1 aliphatic heterocycles. The molecule has 4 rings (SSSR count). The van der Waals surface area contributed by atoms with Gasteiger partial charge in [0.1, 0.15) is 0 Å². The first-order chi connectivity index (χ1) is 13.7. The predicted octanol–water partition coefficient (Wildman–Crippen LogP) is 2.34. The molecule has 1 fully saturated rings. The Balaban J connectivity index is 1.43. The molecule has 1 saturated heterocycles. The van der Waals surface area contributed by atoms with E-state index >= 15 is 0 Å². The topological polar surface area (TPSA) is 84.2 Å². The standard InChI is InChI=1S/C21H23N5O2/c27-20-10-9-18(23-20)14-26(13-17-8-4-5-11-22-17)15-21-24-19(25-28-21)12-16-6-2-1-3-7-16/h1-8,11,18H,9-10,12-15H2,(H,23,27)/t18-/m0/s1. The van der Waals surface area contributed by atoms with Gasteiger partial charge in [-0.15, -0.1) is 0 Å². The summed E-state index contributed by atoms with van der Waals surface area (Å²) in [5.74, 6) is 1.37. The van der Waals surface area contributed by atoms with E-state index in [0.717, 1.165) is 24.2 Å². The monoisotopic (exact) mass is 377 g/mol. The van der Waals surface area contributed by atoms with Gasteiger partial charge in [0.25, 0.3) is 0 Å². The SMILES string of the molecule is O=C1CC[C@@H](CN(Cc2ccccn2)Cc2nc(Cc3ccccc3)no2)N1. The van der Waals surface area contributed by atoms with Gasteiger partial charge in [0.2, 0.25) is 11.8 Å². The minimum absolute atomic E-state index is 0.116. The molecule has 3 heterocycles. The molecule has 2 aromatic heterocycles. The molecule has 3 aromatic rings. The average Bonchev–Trinajstić information content (AvgIpc) is 3.32. The quantitative estimate of drug-likeness (QED) is 0.649. The van der Waals surface area contributed by atoms with E-state index in [4.69, 9.17) is 4.52 Å². The zero-order valence-electron chi connectivity index (χ0n) is 15.6. The van der Waals surface area contributed by atoms with Crippen molar-refractivity contribution in [1.29, 1.82) is 0 Å². The highest BCUT2D eigenvalue weighted by Gasteiger charge is 2.24. The maximum atomic E-state index is 11.5. The molecule has 0 unspecified atom stereocenters. The normalized spacial score (nSPS) is 16.5. The third-order valence-corrected chi connectivity index (χ3v) is 4.75. The van der Waals surface area contributed by atoms with E-state index in [0.29, 0.717) is 37.6 Å². The minimum Gasteiger partial charge on any atom is -0.352 e. The van der Waals surface area contributed by atoms with Crippen LogP contribution < -0.4 is 5.32 Å². The maximum absolute atomic E-state index is 11.5. The van der Waals surface area contributed by atoms with Crippen molar-refractivity contribution in [2.45, 2.75) is 38.4 Å². The predicted molar refractivity (Wildman–Crippen MR) is 103 cm³/mol. The zero-order valence-corrected chi connectivity index (χ0v) is 15.6. The Labute approximate surface area is 163 Å². The van der Waals surface area contributed by atoms with Crippen LogP contribution in [0.3, 0.4) is 0 Å². The summed E-state index contributed by atoms with van der Waals surface area (Å²) < 4.78 is 5.48. The fourth-order valence-electron chi connectivity index (χ4n) is 3.43. The summed E-state index contributed by atoms with van der Waals surface area (Å²) in [5.41, 5.74) is 2.12. The van der Waals surface area contributed by atoms with E-state index in [1.54, 1.807) is 6.20 Å². The number of amides is 1. The van der Waals surface area contributed by atoms with Crippen LogP contribution in [0.25, 0.3) is 0 Å². The van der Waals surface area contributed by atoms with Gasteiger partial charge in [-0.3, -0.25) is 14.7 Å². The summed E-state index contributed by atoms with van der Waals surface area (Å²) >= 11 is 0. The van der Waals surface area contributed by atoms with Gasteiger partial charge >= 0.3 is 0 Å². The molecule has 1 amide bonds. The Bertz CT molecular complexity index is 897. The lowest BCUT2D eigenvalue weighted by Crippen LogP contribution is -2.38. The number of nitrogens with zero attached hydrogens (tertiary/aromatic N) is 4. The molecule has 7 heteroatoms. The van der Waals surface area contributed by atoms with Crippen LogP contribution in [0, 0.1) is 0 Å². The van der Waals surface area contributed by atoms with Gasteiger partial charge in [-0.25, -0.2) is 0 Å². The molecular formula is C21H23N5O2. The van der Waals surface area contributed by atoms with Crippen molar-refractivity contribution in [1.82, 2.24) is 25.3 Å². The Morgan fingerprint density at radius 1 is 1.11 bits per heavy atom. The van der Waals surface area contributed by atoms with E-state index < -0.39 is 0 Å². The van der Waals surface area contributed by atoms with Crippen LogP contribution in [-0.2, 0) is 24.3 Å². The Hall–Kier alpha value is -3.06. The van der Waals surface area contributed by atoms with Crippen molar-refractivity contribution in [3.8, 4) is 0 Å². The number of nitrogens with one attached hydrogen (secondary N) is 1. The van der Waals surface area contributed by atoms with Crippen LogP contribution in [0.5, 0.6) is 0 Å². The molecular weight excluding hydrogens is 354 g/mol. The van der Waals surface area contributed by atoms with Crippen molar-refractivity contribution in [3.63, 3.8) is 0 Å². The molecule has 144 valence electrons. The first kappa shape index (κ1) is 18.3. The van der Waals surface area contributed by atoms with Gasteiger partial charge in [-0.1, -0.05) is 41.6 Å². The van der Waals surface area contributed by atoms with Crippen LogP contribution in [0.1, 0.15) is 35.8 Å². The summed E-state index contributed by atoms with van der Waals surface area (Å²) in [6, 6.07) is 16.1. The summed E-state index contributed by atoms with van der Waals surface area (Å²) in [7, 11) is 0. The van der Waals surface area contributed by atoms with Crippen LogP contribution in [0.15, 0.2) is 59.3 Å². The Kier molecular flexibility index (Phi) is 5.72. The number of aromatic nitrogens is 3. The summed E-state index contributed by atoms with van der Waals surface area (Å²) in [5, 5.41) is 7.14. The van der Waals surface area contributed by atoms with Crippen molar-refractivity contribution in [2.75, 3.05) is 6.54 Å². The van der Waals surface area contributed by atoms with Gasteiger partial charge in [0, 0.05) is 38.2 Å². The van der Waals surface area contributed by atoms with Crippen LogP contribution in [0.2, 0.25) is 0 Å². The van der Waals surface area contributed by atoms with Gasteiger partial charge in [-0.2, -0.15) is 4.98 Å². The number of benzene rings is 1. The first-order valence-electron chi connectivity index (χ1n) is 9.51. The molecule has 28 heavy (non-hydrogen) atoms. The van der Waals surface area contributed by atoms with Crippen molar-refractivity contribution in [3.05, 3.63) is 77.7 Å². The van der Waals surface area contributed by atoms with E-state index in [1.165, 1.54) is 0 Å². The smallest absolute Gasteiger partial charge is 0.240 e. The average molecular weight is 377 g/mol. The largest absolute Gasteiger partial charge is 0.352 e. The number of carbonyl (C=O) groups is 1. The fraction of sp³-hybridized carbons (Fsp3) is 0.333. The molecule has 0 bridgehead atoms.